The van der Waals surface area contributed by atoms with Crippen molar-refractivity contribution < 1.29 is 0 Å². The molecule has 12 heavy (non-hydrogen) atoms. The van der Waals surface area contributed by atoms with Gasteiger partial charge in [0.25, 0.3) is 0 Å². The minimum absolute atomic E-state index is 0.758. The van der Waals surface area contributed by atoms with Gasteiger partial charge >= 0.3 is 0 Å². The van der Waals surface area contributed by atoms with Crippen molar-refractivity contribution in [3.8, 4) is 0 Å². The van der Waals surface area contributed by atoms with Crippen LogP contribution in [-0.2, 0) is 6.42 Å². The van der Waals surface area contributed by atoms with Gasteiger partial charge in [-0.1, -0.05) is 43.1 Å². The second-order valence-electron chi connectivity index (χ2n) is 2.41. The maximum atomic E-state index is 3.52. The molecule has 2 unspecified atom stereocenters. The molecule has 1 rings (SSSR count). The third-order valence-corrected chi connectivity index (χ3v) is 3.42. The van der Waals surface area contributed by atoms with Crippen molar-refractivity contribution in [3.63, 3.8) is 0 Å². The third-order valence-electron chi connectivity index (χ3n) is 1.58. The highest BCUT2D eigenvalue weighted by Crippen LogP contribution is 2.17. The predicted molar refractivity (Wildman–Crippen MR) is 63.9 cm³/mol. The van der Waals surface area contributed by atoms with E-state index in [0.717, 1.165) is 21.4 Å². The monoisotopic (exact) mass is 263 g/mol. The fourth-order valence-electron chi connectivity index (χ4n) is 0.970. The van der Waals surface area contributed by atoms with Crippen molar-refractivity contribution in [2.45, 2.75) is 6.42 Å². The van der Waals surface area contributed by atoms with E-state index >= 15 is 0 Å². The van der Waals surface area contributed by atoms with E-state index in [0.29, 0.717) is 0 Å². The molecule has 0 saturated carbocycles. The minimum atomic E-state index is 0.758. The zero-order valence-corrected chi connectivity index (χ0v) is 10.4. The molecule has 4 heteroatoms. The van der Waals surface area contributed by atoms with E-state index in [9.17, 15) is 0 Å². The van der Waals surface area contributed by atoms with Crippen LogP contribution >= 0.6 is 33.3 Å². The zero-order chi connectivity index (χ0) is 8.81. The van der Waals surface area contributed by atoms with Gasteiger partial charge in [-0.25, -0.2) is 0 Å². The summed E-state index contributed by atoms with van der Waals surface area (Å²) in [5.74, 6) is 0. The summed E-state index contributed by atoms with van der Waals surface area (Å²) >= 11 is 3.52. The molecule has 0 fully saturated rings. The molecule has 0 radical (unpaired) electrons. The number of hydrogen-bond acceptors (Lipinski definition) is 1. The van der Waals surface area contributed by atoms with Crippen LogP contribution in [0.25, 0.3) is 0 Å². The van der Waals surface area contributed by atoms with E-state index in [2.05, 4.69) is 48.1 Å². The van der Waals surface area contributed by atoms with Gasteiger partial charge in [0.2, 0.25) is 0 Å². The quantitative estimate of drug-likeness (QED) is 0.651. The summed E-state index contributed by atoms with van der Waals surface area (Å²) in [6, 6.07) is 8.34. The Kier molecular flexibility index (Phi) is 5.34. The molecule has 0 saturated heterocycles. The maximum Gasteiger partial charge on any atom is 0.0207 e. The summed E-state index contributed by atoms with van der Waals surface area (Å²) in [6.45, 7) is 1.05. The maximum absolute atomic E-state index is 3.52. The SMILES string of the molecule is PPNCCc1ccccc1Br. The largest absolute Gasteiger partial charge is 0.295 e. The minimum Gasteiger partial charge on any atom is -0.295 e. The lowest BCUT2D eigenvalue weighted by Crippen LogP contribution is -2.05. The van der Waals surface area contributed by atoms with Gasteiger partial charge in [-0.15, -0.1) is 0 Å². The van der Waals surface area contributed by atoms with Gasteiger partial charge in [-0.2, -0.15) is 0 Å². The standard InChI is InChI=1S/C8H12BrNP2/c9-8-4-2-1-3-7(8)5-6-10-12-11/h1-4,10,12H,5-6,11H2. The van der Waals surface area contributed by atoms with Gasteiger partial charge in [0, 0.05) is 11.0 Å². The first-order valence-corrected chi connectivity index (χ1v) is 7.36. The van der Waals surface area contributed by atoms with E-state index in [1.54, 1.807) is 0 Å². The molecule has 1 aromatic carbocycles. The number of halogens is 1. The van der Waals surface area contributed by atoms with Crippen molar-refractivity contribution >= 4 is 33.3 Å². The molecule has 1 N–H and O–H groups in total. The van der Waals surface area contributed by atoms with Gasteiger partial charge in [0.1, 0.15) is 0 Å². The fraction of sp³-hybridized carbons (Fsp3) is 0.250. The third kappa shape index (κ3) is 3.49. The number of rotatable bonds is 4. The molecule has 0 aliphatic carbocycles. The van der Waals surface area contributed by atoms with Crippen LogP contribution in [0.5, 0.6) is 0 Å². The van der Waals surface area contributed by atoms with Gasteiger partial charge < -0.3 is 0 Å². The molecule has 1 nitrogen and oxygen atoms in total. The van der Waals surface area contributed by atoms with E-state index in [1.807, 2.05) is 6.07 Å². The number of nitrogens with one attached hydrogen (secondary N) is 1. The van der Waals surface area contributed by atoms with E-state index in [-0.39, 0.29) is 0 Å². The van der Waals surface area contributed by atoms with Crippen molar-refractivity contribution in [1.82, 2.24) is 5.09 Å². The average Bonchev–Trinajstić information content (AvgIpc) is 2.09. The topological polar surface area (TPSA) is 12.0 Å². The highest BCUT2D eigenvalue weighted by Gasteiger charge is 1.96. The summed E-state index contributed by atoms with van der Waals surface area (Å²) in [5.41, 5.74) is 1.37. The van der Waals surface area contributed by atoms with Gasteiger partial charge in [-0.3, -0.25) is 5.09 Å². The molecule has 0 aromatic heterocycles. The zero-order valence-electron chi connectivity index (χ0n) is 6.68. The summed E-state index contributed by atoms with van der Waals surface area (Å²) < 4.78 is 1.21. The Morgan fingerprint density at radius 2 is 2.17 bits per heavy atom. The van der Waals surface area contributed by atoms with Gasteiger partial charge in [-0.05, 0) is 26.5 Å². The molecular formula is C8H12BrNP2. The first kappa shape index (κ1) is 10.6. The Morgan fingerprint density at radius 3 is 2.83 bits per heavy atom. The van der Waals surface area contributed by atoms with Crippen molar-refractivity contribution in [2.75, 3.05) is 6.54 Å². The van der Waals surface area contributed by atoms with Crippen LogP contribution in [0.3, 0.4) is 0 Å². The fourth-order valence-corrected chi connectivity index (χ4v) is 2.16. The normalized spacial score (nSPS) is 11.2. The van der Waals surface area contributed by atoms with Crippen LogP contribution < -0.4 is 5.09 Å². The smallest absolute Gasteiger partial charge is 0.0207 e. The summed E-state index contributed by atoms with van der Waals surface area (Å²) in [7, 11) is 3.44. The Hall–Kier alpha value is 0.520. The second-order valence-corrected chi connectivity index (χ2v) is 4.78. The van der Waals surface area contributed by atoms with Crippen molar-refractivity contribution in [2.24, 2.45) is 0 Å². The summed E-state index contributed by atoms with van der Waals surface area (Å²) in [6.07, 6.45) is 1.09. The lowest BCUT2D eigenvalue weighted by molar-refractivity contribution is 0.904. The molecule has 2 atom stereocenters. The van der Waals surface area contributed by atoms with E-state index in [1.165, 1.54) is 10.0 Å². The van der Waals surface area contributed by atoms with Gasteiger partial charge in [0.15, 0.2) is 0 Å². The summed E-state index contributed by atoms with van der Waals surface area (Å²) in [4.78, 5) is 0. The molecule has 0 heterocycles. The Balaban J connectivity index is 2.46. The van der Waals surface area contributed by atoms with E-state index < -0.39 is 0 Å². The second kappa shape index (κ2) is 6.05. The highest BCUT2D eigenvalue weighted by molar-refractivity contribution is 9.10. The molecular weight excluding hydrogens is 252 g/mol. The molecule has 66 valence electrons. The molecule has 0 aliphatic heterocycles. The van der Waals surface area contributed by atoms with Crippen LogP contribution in [0.1, 0.15) is 5.56 Å². The molecule has 0 spiro atoms. The number of hydrogen-bond donors (Lipinski definition) is 1. The van der Waals surface area contributed by atoms with Crippen LogP contribution in [0.2, 0.25) is 0 Å². The van der Waals surface area contributed by atoms with Crippen LogP contribution in [0, 0.1) is 0 Å². The van der Waals surface area contributed by atoms with Gasteiger partial charge in [0.05, 0.1) is 0 Å². The average molecular weight is 264 g/mol. The first-order chi connectivity index (χ1) is 5.84. The van der Waals surface area contributed by atoms with Crippen LogP contribution in [0.15, 0.2) is 28.7 Å². The van der Waals surface area contributed by atoms with E-state index in [4.69, 9.17) is 0 Å². The Bertz CT molecular complexity index is 242. The Labute approximate surface area is 85.8 Å². The first-order valence-electron chi connectivity index (χ1n) is 3.76. The molecule has 0 aliphatic rings. The van der Waals surface area contributed by atoms with Crippen molar-refractivity contribution in [3.05, 3.63) is 34.3 Å². The van der Waals surface area contributed by atoms with Crippen LogP contribution in [-0.4, -0.2) is 6.54 Å². The molecule has 0 bridgehead atoms. The number of benzene rings is 1. The lowest BCUT2D eigenvalue weighted by Gasteiger charge is -2.03. The van der Waals surface area contributed by atoms with Crippen molar-refractivity contribution in [1.29, 1.82) is 0 Å². The highest BCUT2D eigenvalue weighted by atomic mass is 79.9. The lowest BCUT2D eigenvalue weighted by atomic mass is 10.2. The predicted octanol–water partition coefficient (Wildman–Crippen LogP) is 2.96. The Morgan fingerprint density at radius 1 is 1.42 bits per heavy atom. The summed E-state index contributed by atoms with van der Waals surface area (Å²) in [5, 5.41) is 3.29. The van der Waals surface area contributed by atoms with Crippen LogP contribution in [0.4, 0.5) is 0 Å². The molecule has 0 amide bonds. The molecule has 1 aromatic rings.